The van der Waals surface area contributed by atoms with Gasteiger partial charge in [-0.15, -0.1) is 0 Å². The van der Waals surface area contributed by atoms with Crippen LogP contribution in [0.5, 0.6) is 0 Å². The molecular weight excluding hydrogens is 261 g/mol. The Morgan fingerprint density at radius 2 is 1.67 bits per heavy atom. The van der Waals surface area contributed by atoms with E-state index in [4.69, 9.17) is 0 Å². The molecule has 0 radical (unpaired) electrons. The molecule has 0 heterocycles. The van der Waals surface area contributed by atoms with Crippen LogP contribution in [-0.4, -0.2) is 6.04 Å². The highest BCUT2D eigenvalue weighted by Gasteiger charge is 2.22. The molecule has 1 nitrogen and oxygen atoms in total. The van der Waals surface area contributed by atoms with E-state index in [0.717, 1.165) is 24.1 Å². The van der Waals surface area contributed by atoms with Gasteiger partial charge in [0.25, 0.3) is 0 Å². The minimum Gasteiger partial charge on any atom is -0.382 e. The second-order valence-electron chi connectivity index (χ2n) is 6.12. The van der Waals surface area contributed by atoms with Crippen molar-refractivity contribution in [2.45, 2.75) is 44.6 Å². The van der Waals surface area contributed by atoms with Crippen LogP contribution >= 0.6 is 0 Å². The van der Waals surface area contributed by atoms with Crippen molar-refractivity contribution in [1.29, 1.82) is 0 Å². The minimum atomic E-state index is -0.157. The van der Waals surface area contributed by atoms with Crippen LogP contribution in [-0.2, 0) is 0 Å². The number of aryl methyl sites for hydroxylation is 1. The summed E-state index contributed by atoms with van der Waals surface area (Å²) in [6, 6.07) is 16.4. The first kappa shape index (κ1) is 14.1. The molecule has 2 heteroatoms. The zero-order valence-corrected chi connectivity index (χ0v) is 12.5. The van der Waals surface area contributed by atoms with Crippen LogP contribution in [0.4, 0.5) is 10.1 Å². The normalized spacial score (nSPS) is 22.0. The third-order valence-corrected chi connectivity index (χ3v) is 4.41. The number of rotatable bonds is 3. The van der Waals surface area contributed by atoms with Gasteiger partial charge in [0.05, 0.1) is 0 Å². The third kappa shape index (κ3) is 3.63. The number of hydrogen-bond donors (Lipinski definition) is 1. The smallest absolute Gasteiger partial charge is 0.125 e. The zero-order chi connectivity index (χ0) is 14.7. The Hall–Kier alpha value is -1.83. The average molecular weight is 283 g/mol. The maximum atomic E-state index is 13.4. The van der Waals surface area contributed by atoms with E-state index in [9.17, 15) is 4.39 Å². The molecule has 1 saturated carbocycles. The van der Waals surface area contributed by atoms with E-state index in [1.54, 1.807) is 12.1 Å². The number of hydrogen-bond acceptors (Lipinski definition) is 1. The predicted octanol–water partition coefficient (Wildman–Crippen LogP) is 5.27. The lowest BCUT2D eigenvalue weighted by molar-refractivity contribution is 0.412. The first-order chi connectivity index (χ1) is 10.2. The van der Waals surface area contributed by atoms with Crippen LogP contribution in [0.3, 0.4) is 0 Å². The van der Waals surface area contributed by atoms with E-state index in [1.165, 1.54) is 18.4 Å². The zero-order valence-electron chi connectivity index (χ0n) is 12.5. The molecule has 0 spiro atoms. The van der Waals surface area contributed by atoms with Gasteiger partial charge in [0.15, 0.2) is 0 Å². The van der Waals surface area contributed by atoms with E-state index in [1.807, 2.05) is 13.0 Å². The summed E-state index contributed by atoms with van der Waals surface area (Å²) in [4.78, 5) is 0. The molecule has 0 amide bonds. The van der Waals surface area contributed by atoms with Gasteiger partial charge in [-0.3, -0.25) is 0 Å². The maximum absolute atomic E-state index is 13.4. The quantitative estimate of drug-likeness (QED) is 0.809. The van der Waals surface area contributed by atoms with Crippen LogP contribution in [0.25, 0.3) is 0 Å². The van der Waals surface area contributed by atoms with Crippen LogP contribution in [0.1, 0.15) is 42.7 Å². The fraction of sp³-hybridized carbons (Fsp3) is 0.368. The molecule has 110 valence electrons. The third-order valence-electron chi connectivity index (χ3n) is 4.41. The molecule has 1 aliphatic rings. The summed E-state index contributed by atoms with van der Waals surface area (Å²) in [5, 5.41) is 3.49. The molecular formula is C19H22FN. The number of anilines is 1. The molecule has 0 aromatic heterocycles. The SMILES string of the molecule is Cc1cc(F)cc(NC2CCC(c3ccccc3)CC2)c1. The molecule has 2 aromatic carbocycles. The Morgan fingerprint density at radius 1 is 0.952 bits per heavy atom. The van der Waals surface area contributed by atoms with E-state index in [-0.39, 0.29) is 5.82 Å². The minimum absolute atomic E-state index is 0.157. The summed E-state index contributed by atoms with van der Waals surface area (Å²) in [5.41, 5.74) is 3.34. The second kappa shape index (κ2) is 6.30. The van der Waals surface area contributed by atoms with Crippen molar-refractivity contribution in [3.8, 4) is 0 Å². The first-order valence-electron chi connectivity index (χ1n) is 7.79. The molecule has 0 unspecified atom stereocenters. The van der Waals surface area contributed by atoms with Crippen molar-refractivity contribution in [1.82, 2.24) is 0 Å². The Morgan fingerprint density at radius 3 is 2.33 bits per heavy atom. The summed E-state index contributed by atoms with van der Waals surface area (Å²) in [7, 11) is 0. The molecule has 1 N–H and O–H groups in total. The summed E-state index contributed by atoms with van der Waals surface area (Å²) >= 11 is 0. The Kier molecular flexibility index (Phi) is 4.23. The Balaban J connectivity index is 1.58. The fourth-order valence-electron chi connectivity index (χ4n) is 3.35. The van der Waals surface area contributed by atoms with Crippen molar-refractivity contribution in [2.75, 3.05) is 5.32 Å². The van der Waals surface area contributed by atoms with Crippen molar-refractivity contribution in [3.63, 3.8) is 0 Å². The molecule has 3 rings (SSSR count). The standard InChI is InChI=1S/C19H22FN/c1-14-11-17(20)13-19(12-14)21-18-9-7-16(8-10-18)15-5-3-2-4-6-15/h2-6,11-13,16,18,21H,7-10H2,1H3. The molecule has 1 fully saturated rings. The van der Waals surface area contributed by atoms with Crippen LogP contribution in [0.15, 0.2) is 48.5 Å². The van der Waals surface area contributed by atoms with E-state index in [2.05, 4.69) is 35.6 Å². The van der Waals surface area contributed by atoms with Crippen molar-refractivity contribution in [2.24, 2.45) is 0 Å². The highest BCUT2D eigenvalue weighted by atomic mass is 19.1. The van der Waals surface area contributed by atoms with Gasteiger partial charge in [-0.05, 0) is 67.9 Å². The average Bonchev–Trinajstić information content (AvgIpc) is 2.48. The Bertz CT molecular complexity index is 566. The molecule has 2 aromatic rings. The monoisotopic (exact) mass is 283 g/mol. The van der Waals surface area contributed by atoms with Gasteiger partial charge in [-0.1, -0.05) is 30.3 Å². The highest BCUT2D eigenvalue weighted by Crippen LogP contribution is 2.34. The summed E-state index contributed by atoms with van der Waals surface area (Å²) in [6.45, 7) is 1.93. The van der Waals surface area contributed by atoms with Crippen LogP contribution in [0, 0.1) is 12.7 Å². The maximum Gasteiger partial charge on any atom is 0.125 e. The molecule has 0 bridgehead atoms. The number of nitrogens with one attached hydrogen (secondary N) is 1. The predicted molar refractivity (Wildman–Crippen MR) is 86.2 cm³/mol. The van der Waals surface area contributed by atoms with E-state index in [0.29, 0.717) is 12.0 Å². The van der Waals surface area contributed by atoms with Gasteiger partial charge >= 0.3 is 0 Å². The summed E-state index contributed by atoms with van der Waals surface area (Å²) in [6.07, 6.45) is 4.70. The summed E-state index contributed by atoms with van der Waals surface area (Å²) < 4.78 is 13.4. The lowest BCUT2D eigenvalue weighted by atomic mass is 9.82. The fourth-order valence-corrected chi connectivity index (χ4v) is 3.35. The Labute approximate surface area is 126 Å². The van der Waals surface area contributed by atoms with Gasteiger partial charge in [0.2, 0.25) is 0 Å². The lowest BCUT2D eigenvalue weighted by Gasteiger charge is -2.30. The van der Waals surface area contributed by atoms with E-state index < -0.39 is 0 Å². The van der Waals surface area contributed by atoms with Gasteiger partial charge in [0.1, 0.15) is 5.82 Å². The molecule has 1 aliphatic carbocycles. The molecule has 0 saturated heterocycles. The van der Waals surface area contributed by atoms with Crippen LogP contribution < -0.4 is 5.32 Å². The van der Waals surface area contributed by atoms with Crippen molar-refractivity contribution in [3.05, 3.63) is 65.5 Å². The number of halogens is 1. The molecule has 0 atom stereocenters. The van der Waals surface area contributed by atoms with Gasteiger partial charge in [-0.25, -0.2) is 4.39 Å². The van der Waals surface area contributed by atoms with Crippen LogP contribution in [0.2, 0.25) is 0 Å². The largest absolute Gasteiger partial charge is 0.382 e. The van der Waals surface area contributed by atoms with E-state index >= 15 is 0 Å². The van der Waals surface area contributed by atoms with Gasteiger partial charge in [-0.2, -0.15) is 0 Å². The highest BCUT2D eigenvalue weighted by molar-refractivity contribution is 5.47. The molecule has 21 heavy (non-hydrogen) atoms. The van der Waals surface area contributed by atoms with Crippen molar-refractivity contribution < 1.29 is 4.39 Å². The first-order valence-corrected chi connectivity index (χ1v) is 7.79. The van der Waals surface area contributed by atoms with Gasteiger partial charge in [0, 0.05) is 11.7 Å². The lowest BCUT2D eigenvalue weighted by Crippen LogP contribution is -2.25. The molecule has 0 aliphatic heterocycles. The topological polar surface area (TPSA) is 12.0 Å². The second-order valence-corrected chi connectivity index (χ2v) is 6.12. The van der Waals surface area contributed by atoms with Crippen molar-refractivity contribution >= 4 is 5.69 Å². The van der Waals surface area contributed by atoms with Gasteiger partial charge < -0.3 is 5.32 Å². The number of benzene rings is 2. The summed E-state index contributed by atoms with van der Waals surface area (Å²) in [5.74, 6) is 0.522.